The number of benzene rings is 1. The molecule has 2 nitrogen and oxygen atoms in total. The minimum atomic E-state index is -1.61. The molecule has 0 bridgehead atoms. The van der Waals surface area contributed by atoms with Crippen LogP contribution < -0.4 is 0 Å². The molecule has 1 heterocycles. The topological polar surface area (TPSA) is 14.2 Å². The molecule has 4 heteroatoms. The quantitative estimate of drug-likeness (QED) is 0.479. The molecule has 0 saturated carbocycles. The van der Waals surface area contributed by atoms with Crippen LogP contribution in [-0.2, 0) is 11.0 Å². The van der Waals surface area contributed by atoms with E-state index in [0.29, 0.717) is 0 Å². The van der Waals surface area contributed by atoms with E-state index in [9.17, 15) is 0 Å². The highest BCUT2D eigenvalue weighted by Crippen LogP contribution is 2.36. The third-order valence-corrected chi connectivity index (χ3v) is 9.80. The van der Waals surface area contributed by atoms with E-state index in [1.54, 1.807) is 0 Å². The number of rotatable bonds is 5. The molecular weight excluding hydrogens is 342 g/mol. The zero-order valence-corrected chi connectivity index (χ0v) is 16.3. The molecule has 0 aliphatic heterocycles. The first kappa shape index (κ1) is 16.8. The van der Waals surface area contributed by atoms with Crippen LogP contribution in [0.2, 0.25) is 18.1 Å². The van der Waals surface area contributed by atoms with E-state index >= 15 is 0 Å². The molecule has 0 atom stereocenters. The third-order valence-electron chi connectivity index (χ3n) is 4.57. The minimum absolute atomic E-state index is 0.290. The van der Waals surface area contributed by atoms with Crippen molar-refractivity contribution in [3.05, 3.63) is 34.9 Å². The molecule has 2 rings (SSSR count). The molecule has 1 aromatic carbocycles. The van der Waals surface area contributed by atoms with Crippen molar-refractivity contribution in [2.75, 3.05) is 6.61 Å². The summed E-state index contributed by atoms with van der Waals surface area (Å²) in [5.74, 6) is 0. The van der Waals surface area contributed by atoms with Crippen LogP contribution in [-0.4, -0.2) is 19.5 Å². The van der Waals surface area contributed by atoms with Gasteiger partial charge in [-0.25, -0.2) is 0 Å². The summed E-state index contributed by atoms with van der Waals surface area (Å²) in [7, 11) is -1.61. The fourth-order valence-corrected chi connectivity index (χ4v) is 3.74. The normalized spacial score (nSPS) is 13.0. The lowest BCUT2D eigenvalue weighted by Crippen LogP contribution is -2.41. The van der Waals surface area contributed by atoms with Gasteiger partial charge in [0.1, 0.15) is 0 Å². The molecule has 2 aromatic rings. The Hall–Kier alpha value is -0.583. The molecule has 0 spiro atoms. The van der Waals surface area contributed by atoms with Crippen LogP contribution in [0.3, 0.4) is 0 Å². The minimum Gasteiger partial charge on any atom is -0.417 e. The average molecular weight is 368 g/mol. The standard InChI is InChI=1S/C17H26BrNOSi/c1-17(2,3)21(4,5)20-13-7-11-19-12-10-14-15(18)8-6-9-16(14)19/h6,8-10,12H,7,11,13H2,1-5H3. The number of fused-ring (bicyclic) bond motifs is 1. The molecule has 0 amide bonds. The number of halogens is 1. The van der Waals surface area contributed by atoms with Gasteiger partial charge in [-0.05, 0) is 42.8 Å². The van der Waals surface area contributed by atoms with Crippen molar-refractivity contribution in [1.29, 1.82) is 0 Å². The summed E-state index contributed by atoms with van der Waals surface area (Å²) in [6, 6.07) is 8.53. The van der Waals surface area contributed by atoms with Crippen molar-refractivity contribution < 1.29 is 4.43 Å². The maximum atomic E-state index is 6.24. The van der Waals surface area contributed by atoms with Crippen LogP contribution in [0, 0.1) is 0 Å². The zero-order valence-electron chi connectivity index (χ0n) is 13.7. The van der Waals surface area contributed by atoms with Crippen molar-refractivity contribution in [3.8, 4) is 0 Å². The monoisotopic (exact) mass is 367 g/mol. The average Bonchev–Trinajstić information content (AvgIpc) is 2.78. The summed E-state index contributed by atoms with van der Waals surface area (Å²) in [5, 5.41) is 1.57. The third kappa shape index (κ3) is 3.79. The lowest BCUT2D eigenvalue weighted by atomic mass is 10.2. The highest BCUT2D eigenvalue weighted by Gasteiger charge is 2.36. The summed E-state index contributed by atoms with van der Waals surface area (Å²) in [5.41, 5.74) is 1.29. The SMILES string of the molecule is CC(C)(C)[Si](C)(C)OCCCn1ccc2c(Br)cccc21. The van der Waals surface area contributed by atoms with E-state index in [1.165, 1.54) is 10.9 Å². The summed E-state index contributed by atoms with van der Waals surface area (Å²) in [4.78, 5) is 0. The maximum Gasteiger partial charge on any atom is 0.191 e. The van der Waals surface area contributed by atoms with Gasteiger partial charge in [0.2, 0.25) is 0 Å². The fraction of sp³-hybridized carbons (Fsp3) is 0.529. The van der Waals surface area contributed by atoms with Crippen LogP contribution >= 0.6 is 15.9 Å². The van der Waals surface area contributed by atoms with Crippen molar-refractivity contribution >= 4 is 35.2 Å². The van der Waals surface area contributed by atoms with Crippen molar-refractivity contribution in [1.82, 2.24) is 4.57 Å². The number of aromatic nitrogens is 1. The van der Waals surface area contributed by atoms with Gasteiger partial charge in [0.05, 0.1) is 0 Å². The summed E-state index contributed by atoms with van der Waals surface area (Å²) in [6.07, 6.45) is 3.23. The predicted octanol–water partition coefficient (Wildman–Crippen LogP) is 5.82. The largest absolute Gasteiger partial charge is 0.417 e. The van der Waals surface area contributed by atoms with E-state index in [-0.39, 0.29) is 5.04 Å². The maximum absolute atomic E-state index is 6.24. The van der Waals surface area contributed by atoms with Crippen molar-refractivity contribution in [3.63, 3.8) is 0 Å². The molecule has 116 valence electrons. The Kier molecular flexibility index (Phi) is 5.01. The first-order chi connectivity index (χ1) is 9.72. The Morgan fingerprint density at radius 2 is 1.90 bits per heavy atom. The van der Waals surface area contributed by atoms with Gasteiger partial charge < -0.3 is 8.99 Å². The summed E-state index contributed by atoms with van der Waals surface area (Å²) < 4.78 is 9.72. The van der Waals surface area contributed by atoms with Crippen LogP contribution in [0.5, 0.6) is 0 Å². The van der Waals surface area contributed by atoms with Crippen LogP contribution in [0.15, 0.2) is 34.9 Å². The summed E-state index contributed by atoms with van der Waals surface area (Å²) in [6.45, 7) is 13.4. The van der Waals surface area contributed by atoms with Gasteiger partial charge >= 0.3 is 0 Å². The van der Waals surface area contributed by atoms with Crippen LogP contribution in [0.25, 0.3) is 10.9 Å². The van der Waals surface area contributed by atoms with Gasteiger partial charge in [-0.1, -0.05) is 42.8 Å². The number of hydrogen-bond acceptors (Lipinski definition) is 1. The zero-order chi connectivity index (χ0) is 15.7. The lowest BCUT2D eigenvalue weighted by molar-refractivity contribution is 0.276. The molecule has 0 N–H and O–H groups in total. The second-order valence-electron chi connectivity index (χ2n) is 7.14. The number of nitrogens with zero attached hydrogens (tertiary/aromatic N) is 1. The Morgan fingerprint density at radius 1 is 1.19 bits per heavy atom. The van der Waals surface area contributed by atoms with Gasteiger partial charge in [0.25, 0.3) is 0 Å². The summed E-state index contributed by atoms with van der Waals surface area (Å²) >= 11 is 3.61. The Balaban J connectivity index is 1.93. The van der Waals surface area contributed by atoms with Crippen molar-refractivity contribution in [2.45, 2.75) is 51.9 Å². The molecule has 1 aromatic heterocycles. The molecule has 0 aliphatic carbocycles. The lowest BCUT2D eigenvalue weighted by Gasteiger charge is -2.36. The van der Waals surface area contributed by atoms with E-state index < -0.39 is 8.32 Å². The van der Waals surface area contributed by atoms with Crippen molar-refractivity contribution in [2.24, 2.45) is 0 Å². The van der Waals surface area contributed by atoms with E-state index in [4.69, 9.17) is 4.43 Å². The van der Waals surface area contributed by atoms with Gasteiger partial charge in [-0.2, -0.15) is 0 Å². The first-order valence-electron chi connectivity index (χ1n) is 7.60. The Morgan fingerprint density at radius 3 is 2.57 bits per heavy atom. The Bertz CT molecular complexity index is 613. The van der Waals surface area contributed by atoms with Gasteiger partial charge in [-0.15, -0.1) is 0 Å². The van der Waals surface area contributed by atoms with Crippen LogP contribution in [0.4, 0.5) is 0 Å². The molecule has 0 unspecified atom stereocenters. The molecule has 0 saturated heterocycles. The van der Waals surface area contributed by atoms with E-state index in [1.807, 2.05) is 0 Å². The Labute approximate surface area is 137 Å². The number of aryl methyl sites for hydroxylation is 1. The smallest absolute Gasteiger partial charge is 0.191 e. The number of hydrogen-bond donors (Lipinski definition) is 0. The van der Waals surface area contributed by atoms with Crippen LogP contribution in [0.1, 0.15) is 27.2 Å². The molecule has 21 heavy (non-hydrogen) atoms. The first-order valence-corrected chi connectivity index (χ1v) is 11.3. The molecule has 0 aliphatic rings. The highest BCUT2D eigenvalue weighted by molar-refractivity contribution is 9.10. The van der Waals surface area contributed by atoms with E-state index in [2.05, 4.69) is 84.8 Å². The molecular formula is C17H26BrNOSi. The van der Waals surface area contributed by atoms with Gasteiger partial charge in [0, 0.05) is 34.7 Å². The fourth-order valence-electron chi connectivity index (χ4n) is 2.16. The van der Waals surface area contributed by atoms with E-state index in [0.717, 1.165) is 24.0 Å². The second-order valence-corrected chi connectivity index (χ2v) is 12.8. The molecule has 0 fully saturated rings. The highest BCUT2D eigenvalue weighted by atomic mass is 79.9. The van der Waals surface area contributed by atoms with Gasteiger partial charge in [-0.3, -0.25) is 0 Å². The second kappa shape index (κ2) is 6.27. The van der Waals surface area contributed by atoms with Gasteiger partial charge in [0.15, 0.2) is 8.32 Å². The molecule has 0 radical (unpaired) electrons. The predicted molar refractivity (Wildman–Crippen MR) is 97.4 cm³/mol.